The Balaban J connectivity index is 2.05. The zero-order valence-electron chi connectivity index (χ0n) is 12.2. The number of ether oxygens (including phenoxy) is 1. The number of phenols is 1. The first-order valence-electron chi connectivity index (χ1n) is 7.26. The van der Waals surface area contributed by atoms with Crippen molar-refractivity contribution in [1.82, 2.24) is 4.90 Å². The van der Waals surface area contributed by atoms with E-state index in [0.29, 0.717) is 11.8 Å². The summed E-state index contributed by atoms with van der Waals surface area (Å²) in [7, 11) is 1.59. The molecule has 1 unspecified atom stereocenters. The molecule has 1 saturated heterocycles. The maximum atomic E-state index is 9.66. The van der Waals surface area contributed by atoms with Crippen LogP contribution in [0.3, 0.4) is 0 Å². The number of likely N-dealkylation sites (tertiary alicyclic amines) is 1. The summed E-state index contributed by atoms with van der Waals surface area (Å²) < 4.78 is 5.19. The lowest BCUT2D eigenvalue weighted by Gasteiger charge is -2.36. The van der Waals surface area contributed by atoms with Crippen molar-refractivity contribution in [2.24, 2.45) is 5.92 Å². The molecule has 1 aliphatic heterocycles. The van der Waals surface area contributed by atoms with Gasteiger partial charge in [-0.1, -0.05) is 19.4 Å². The summed E-state index contributed by atoms with van der Waals surface area (Å²) >= 11 is 0. The number of benzene rings is 1. The Hall–Kier alpha value is -1.22. The molecule has 19 heavy (non-hydrogen) atoms. The van der Waals surface area contributed by atoms with Gasteiger partial charge >= 0.3 is 0 Å². The number of rotatable bonds is 4. The minimum atomic E-state index is 0.211. The second-order valence-electron chi connectivity index (χ2n) is 5.49. The van der Waals surface area contributed by atoms with Gasteiger partial charge in [0.05, 0.1) is 7.11 Å². The Morgan fingerprint density at radius 2 is 2.05 bits per heavy atom. The Bertz CT molecular complexity index is 411. The Morgan fingerprint density at radius 1 is 1.37 bits per heavy atom. The van der Waals surface area contributed by atoms with Crippen LogP contribution >= 0.6 is 0 Å². The Labute approximate surface area is 116 Å². The van der Waals surface area contributed by atoms with Crippen molar-refractivity contribution in [2.75, 3.05) is 20.2 Å². The fourth-order valence-corrected chi connectivity index (χ4v) is 2.91. The first-order valence-corrected chi connectivity index (χ1v) is 7.26. The first-order chi connectivity index (χ1) is 9.15. The van der Waals surface area contributed by atoms with Gasteiger partial charge in [0.25, 0.3) is 0 Å². The van der Waals surface area contributed by atoms with E-state index in [1.165, 1.54) is 37.9 Å². The predicted molar refractivity (Wildman–Crippen MR) is 77.7 cm³/mol. The molecular formula is C16H25NO2. The van der Waals surface area contributed by atoms with Crippen molar-refractivity contribution in [1.29, 1.82) is 0 Å². The van der Waals surface area contributed by atoms with Crippen molar-refractivity contribution < 1.29 is 9.84 Å². The monoisotopic (exact) mass is 263 g/mol. The third-order valence-electron chi connectivity index (χ3n) is 4.46. The van der Waals surface area contributed by atoms with Crippen molar-refractivity contribution in [2.45, 2.75) is 39.2 Å². The maximum absolute atomic E-state index is 9.66. The number of hydrogen-bond donors (Lipinski definition) is 1. The molecule has 1 aromatic carbocycles. The van der Waals surface area contributed by atoms with Gasteiger partial charge in [0.1, 0.15) is 0 Å². The summed E-state index contributed by atoms with van der Waals surface area (Å²) in [4.78, 5) is 2.53. The molecule has 0 amide bonds. The molecule has 0 radical (unpaired) electrons. The van der Waals surface area contributed by atoms with Gasteiger partial charge in [-0.25, -0.2) is 0 Å². The van der Waals surface area contributed by atoms with Crippen LogP contribution < -0.4 is 4.74 Å². The zero-order valence-corrected chi connectivity index (χ0v) is 12.2. The van der Waals surface area contributed by atoms with Crippen molar-refractivity contribution in [3.05, 3.63) is 23.8 Å². The van der Waals surface area contributed by atoms with E-state index in [-0.39, 0.29) is 5.75 Å². The summed E-state index contributed by atoms with van der Waals surface area (Å²) in [5, 5.41) is 9.66. The van der Waals surface area contributed by atoms with Crippen LogP contribution in [0.15, 0.2) is 18.2 Å². The van der Waals surface area contributed by atoms with E-state index in [0.717, 1.165) is 5.92 Å². The van der Waals surface area contributed by atoms with Crippen molar-refractivity contribution in [3.63, 3.8) is 0 Å². The SMILES string of the molecule is CCC1CCN(C(C)c2ccc(O)c(OC)c2)CC1. The van der Waals surface area contributed by atoms with Gasteiger partial charge in [-0.15, -0.1) is 0 Å². The topological polar surface area (TPSA) is 32.7 Å². The van der Waals surface area contributed by atoms with E-state index in [9.17, 15) is 5.11 Å². The number of methoxy groups -OCH3 is 1. The lowest BCUT2D eigenvalue weighted by Crippen LogP contribution is -2.35. The van der Waals surface area contributed by atoms with Gasteiger partial charge in [0.2, 0.25) is 0 Å². The number of hydrogen-bond acceptors (Lipinski definition) is 3. The molecule has 0 saturated carbocycles. The van der Waals surface area contributed by atoms with Gasteiger partial charge in [-0.05, 0) is 56.5 Å². The molecule has 1 fully saturated rings. The molecule has 1 atom stereocenters. The van der Waals surface area contributed by atoms with Gasteiger partial charge in [-0.2, -0.15) is 0 Å². The Kier molecular flexibility index (Phi) is 4.70. The van der Waals surface area contributed by atoms with E-state index in [2.05, 4.69) is 18.7 Å². The highest BCUT2D eigenvalue weighted by atomic mass is 16.5. The predicted octanol–water partition coefficient (Wildman–Crippen LogP) is 3.58. The van der Waals surface area contributed by atoms with Crippen LogP contribution in [0, 0.1) is 5.92 Å². The summed E-state index contributed by atoms with van der Waals surface area (Å²) in [5.41, 5.74) is 1.21. The van der Waals surface area contributed by atoms with E-state index in [1.54, 1.807) is 13.2 Å². The average Bonchev–Trinajstić information content (AvgIpc) is 2.47. The lowest BCUT2D eigenvalue weighted by atomic mass is 9.92. The molecule has 106 valence electrons. The molecule has 1 N–H and O–H groups in total. The Morgan fingerprint density at radius 3 is 2.63 bits per heavy atom. The summed E-state index contributed by atoms with van der Waals surface area (Å²) in [6.45, 7) is 6.86. The van der Waals surface area contributed by atoms with Crippen LogP contribution in [0.25, 0.3) is 0 Å². The van der Waals surface area contributed by atoms with E-state index < -0.39 is 0 Å². The second-order valence-corrected chi connectivity index (χ2v) is 5.49. The summed E-state index contributed by atoms with van der Waals surface area (Å²) in [6, 6.07) is 6.05. The highest BCUT2D eigenvalue weighted by molar-refractivity contribution is 5.42. The van der Waals surface area contributed by atoms with E-state index in [1.807, 2.05) is 12.1 Å². The van der Waals surface area contributed by atoms with Crippen molar-refractivity contribution in [3.8, 4) is 11.5 Å². The van der Waals surface area contributed by atoms with Gasteiger partial charge in [0.15, 0.2) is 11.5 Å². The van der Waals surface area contributed by atoms with Crippen LogP contribution in [-0.2, 0) is 0 Å². The highest BCUT2D eigenvalue weighted by Crippen LogP contribution is 2.33. The lowest BCUT2D eigenvalue weighted by molar-refractivity contribution is 0.139. The molecule has 1 heterocycles. The molecule has 3 heteroatoms. The van der Waals surface area contributed by atoms with Gasteiger partial charge in [0, 0.05) is 6.04 Å². The van der Waals surface area contributed by atoms with Gasteiger partial charge < -0.3 is 9.84 Å². The molecule has 3 nitrogen and oxygen atoms in total. The maximum Gasteiger partial charge on any atom is 0.160 e. The second kappa shape index (κ2) is 6.29. The molecule has 1 aromatic rings. The fraction of sp³-hybridized carbons (Fsp3) is 0.625. The summed E-state index contributed by atoms with van der Waals surface area (Å²) in [6.07, 6.45) is 3.90. The smallest absolute Gasteiger partial charge is 0.160 e. The van der Waals surface area contributed by atoms with Crippen LogP contribution in [0.1, 0.15) is 44.7 Å². The average molecular weight is 263 g/mol. The minimum Gasteiger partial charge on any atom is -0.504 e. The van der Waals surface area contributed by atoms with Crippen molar-refractivity contribution >= 4 is 0 Å². The van der Waals surface area contributed by atoms with Crippen LogP contribution in [0.2, 0.25) is 0 Å². The first kappa shape index (κ1) is 14.2. The molecule has 0 bridgehead atoms. The summed E-state index contributed by atoms with van der Waals surface area (Å²) in [5.74, 6) is 1.67. The van der Waals surface area contributed by atoms with E-state index >= 15 is 0 Å². The van der Waals surface area contributed by atoms with Crippen LogP contribution in [0.4, 0.5) is 0 Å². The standard InChI is InChI=1S/C16H25NO2/c1-4-13-7-9-17(10-8-13)12(2)14-5-6-15(18)16(11-14)19-3/h5-6,11-13,18H,4,7-10H2,1-3H3. The quantitative estimate of drug-likeness (QED) is 0.901. The molecular weight excluding hydrogens is 238 g/mol. The third kappa shape index (κ3) is 3.21. The largest absolute Gasteiger partial charge is 0.504 e. The molecule has 0 aromatic heterocycles. The van der Waals surface area contributed by atoms with E-state index in [4.69, 9.17) is 4.74 Å². The molecule has 0 aliphatic carbocycles. The number of aromatic hydroxyl groups is 1. The molecule has 2 rings (SSSR count). The third-order valence-corrected chi connectivity index (χ3v) is 4.46. The molecule has 1 aliphatic rings. The zero-order chi connectivity index (χ0) is 13.8. The minimum absolute atomic E-state index is 0.211. The van der Waals surface area contributed by atoms with Crippen LogP contribution in [-0.4, -0.2) is 30.2 Å². The highest BCUT2D eigenvalue weighted by Gasteiger charge is 2.23. The fourth-order valence-electron chi connectivity index (χ4n) is 2.91. The normalized spacial score (nSPS) is 19.3. The number of nitrogens with zero attached hydrogens (tertiary/aromatic N) is 1. The molecule has 0 spiro atoms. The van der Waals surface area contributed by atoms with Crippen LogP contribution in [0.5, 0.6) is 11.5 Å². The number of piperidine rings is 1. The number of phenolic OH excluding ortho intramolecular Hbond substituents is 1. The van der Waals surface area contributed by atoms with Gasteiger partial charge in [-0.3, -0.25) is 4.90 Å².